The van der Waals surface area contributed by atoms with Gasteiger partial charge in [0.15, 0.2) is 0 Å². The first-order valence-electron chi connectivity index (χ1n) is 7.67. The second-order valence-electron chi connectivity index (χ2n) is 5.27. The van der Waals surface area contributed by atoms with E-state index in [-0.39, 0.29) is 5.97 Å². The molecule has 0 radical (unpaired) electrons. The van der Waals surface area contributed by atoms with Gasteiger partial charge in [0.2, 0.25) is 5.13 Å². The third-order valence-electron chi connectivity index (χ3n) is 3.55. The summed E-state index contributed by atoms with van der Waals surface area (Å²) in [5.41, 5.74) is 6.39. The highest BCUT2D eigenvalue weighted by atomic mass is 32.1. The smallest absolute Gasteiger partial charge is 0.337 e. The van der Waals surface area contributed by atoms with E-state index in [9.17, 15) is 4.79 Å². The Morgan fingerprint density at radius 2 is 1.88 bits per heavy atom. The Morgan fingerprint density at radius 1 is 1.16 bits per heavy atom. The number of nitrogens with one attached hydrogen (secondary N) is 1. The highest BCUT2D eigenvalue weighted by Gasteiger charge is 2.08. The Balaban J connectivity index is 1.67. The number of anilines is 1. The summed E-state index contributed by atoms with van der Waals surface area (Å²) in [4.78, 5) is 17.1. The largest absolute Gasteiger partial charge is 0.465 e. The molecule has 0 atom stereocenters. The Bertz CT molecular complexity index is 887. The van der Waals surface area contributed by atoms with E-state index < -0.39 is 0 Å². The number of aromatic nitrogens is 1. The summed E-state index contributed by atoms with van der Waals surface area (Å²) < 4.78 is 4.67. The molecule has 0 fully saturated rings. The van der Waals surface area contributed by atoms with Gasteiger partial charge < -0.3 is 4.74 Å². The van der Waals surface area contributed by atoms with Crippen LogP contribution in [-0.4, -0.2) is 24.3 Å². The predicted octanol–water partition coefficient (Wildman–Crippen LogP) is 4.35. The number of ether oxygens (including phenoxy) is 1. The molecule has 1 aromatic heterocycles. The first kappa shape index (κ1) is 16.9. The van der Waals surface area contributed by atoms with E-state index >= 15 is 0 Å². The van der Waals surface area contributed by atoms with Gasteiger partial charge in [-0.05, 0) is 24.6 Å². The second kappa shape index (κ2) is 7.72. The minimum Gasteiger partial charge on any atom is -0.465 e. The molecule has 0 spiro atoms. The molecular formula is C19H17N3O2S. The summed E-state index contributed by atoms with van der Waals surface area (Å²) in [6, 6.07) is 17.1. The Labute approximate surface area is 150 Å². The lowest BCUT2D eigenvalue weighted by atomic mass is 10.1. The van der Waals surface area contributed by atoms with E-state index in [1.165, 1.54) is 7.11 Å². The van der Waals surface area contributed by atoms with E-state index in [4.69, 9.17) is 0 Å². The highest BCUT2D eigenvalue weighted by molar-refractivity contribution is 7.15. The Kier molecular flexibility index (Phi) is 5.20. The number of hydrogen-bond acceptors (Lipinski definition) is 6. The van der Waals surface area contributed by atoms with E-state index in [0.29, 0.717) is 5.56 Å². The van der Waals surface area contributed by atoms with Crippen molar-refractivity contribution in [1.29, 1.82) is 0 Å². The van der Waals surface area contributed by atoms with Gasteiger partial charge in [0.05, 0.1) is 24.6 Å². The van der Waals surface area contributed by atoms with Crippen LogP contribution < -0.4 is 5.43 Å². The van der Waals surface area contributed by atoms with Crippen molar-refractivity contribution in [2.75, 3.05) is 12.5 Å². The zero-order valence-corrected chi connectivity index (χ0v) is 14.7. The number of thiazole rings is 1. The third-order valence-corrected chi connectivity index (χ3v) is 4.42. The average Bonchev–Trinajstić information content (AvgIpc) is 3.03. The Hall–Kier alpha value is -2.99. The van der Waals surface area contributed by atoms with Gasteiger partial charge in [-0.3, -0.25) is 5.43 Å². The van der Waals surface area contributed by atoms with Crippen molar-refractivity contribution in [1.82, 2.24) is 4.98 Å². The number of methoxy groups -OCH3 is 1. The maximum Gasteiger partial charge on any atom is 0.337 e. The quantitative estimate of drug-likeness (QED) is 0.422. The molecule has 0 aliphatic heterocycles. The molecule has 1 heterocycles. The molecule has 25 heavy (non-hydrogen) atoms. The third kappa shape index (κ3) is 4.10. The summed E-state index contributed by atoms with van der Waals surface area (Å²) in [6.07, 6.45) is 1.68. The van der Waals surface area contributed by atoms with E-state index in [2.05, 4.69) is 20.2 Å². The SMILES string of the molecule is COC(=O)c1ccc(/C=N/Nc2nc(-c3ccccc3)c(C)s2)cc1. The maximum absolute atomic E-state index is 11.4. The molecule has 2 aromatic carbocycles. The second-order valence-corrected chi connectivity index (χ2v) is 6.48. The van der Waals surface area contributed by atoms with Crippen LogP contribution in [0.5, 0.6) is 0 Å². The first-order valence-corrected chi connectivity index (χ1v) is 8.49. The number of esters is 1. The molecule has 126 valence electrons. The summed E-state index contributed by atoms with van der Waals surface area (Å²) in [7, 11) is 1.36. The predicted molar refractivity (Wildman–Crippen MR) is 101 cm³/mol. The lowest BCUT2D eigenvalue weighted by Gasteiger charge is -1.99. The van der Waals surface area contributed by atoms with Crippen molar-refractivity contribution < 1.29 is 9.53 Å². The van der Waals surface area contributed by atoms with Crippen LogP contribution in [0.2, 0.25) is 0 Å². The molecule has 0 saturated carbocycles. The molecular weight excluding hydrogens is 334 g/mol. The van der Waals surface area contributed by atoms with Gasteiger partial charge in [0.25, 0.3) is 0 Å². The number of aryl methyl sites for hydroxylation is 1. The molecule has 0 bridgehead atoms. The zero-order valence-electron chi connectivity index (χ0n) is 13.9. The molecule has 0 aliphatic carbocycles. The zero-order chi connectivity index (χ0) is 17.6. The van der Waals surface area contributed by atoms with Gasteiger partial charge in [-0.1, -0.05) is 42.5 Å². The van der Waals surface area contributed by atoms with Gasteiger partial charge in [-0.15, -0.1) is 11.3 Å². The Morgan fingerprint density at radius 3 is 2.56 bits per heavy atom. The van der Waals surface area contributed by atoms with Crippen molar-refractivity contribution in [3.8, 4) is 11.3 Å². The van der Waals surface area contributed by atoms with Gasteiger partial charge in [0.1, 0.15) is 0 Å². The van der Waals surface area contributed by atoms with Gasteiger partial charge in [-0.2, -0.15) is 5.10 Å². The van der Waals surface area contributed by atoms with E-state index in [0.717, 1.165) is 26.8 Å². The van der Waals surface area contributed by atoms with Crippen LogP contribution in [0, 0.1) is 6.92 Å². The molecule has 3 rings (SSSR count). The average molecular weight is 351 g/mol. The van der Waals surface area contributed by atoms with Crippen LogP contribution in [-0.2, 0) is 4.74 Å². The van der Waals surface area contributed by atoms with Gasteiger partial charge in [0, 0.05) is 10.4 Å². The number of hydrogen-bond donors (Lipinski definition) is 1. The van der Waals surface area contributed by atoms with Crippen molar-refractivity contribution in [3.63, 3.8) is 0 Å². The minimum absolute atomic E-state index is 0.353. The van der Waals surface area contributed by atoms with Crippen LogP contribution in [0.4, 0.5) is 5.13 Å². The van der Waals surface area contributed by atoms with Crippen LogP contribution >= 0.6 is 11.3 Å². The number of rotatable bonds is 5. The van der Waals surface area contributed by atoms with Crippen LogP contribution in [0.3, 0.4) is 0 Å². The molecule has 0 saturated heterocycles. The van der Waals surface area contributed by atoms with Crippen LogP contribution in [0.15, 0.2) is 59.7 Å². The molecule has 6 heteroatoms. The summed E-state index contributed by atoms with van der Waals surface area (Å²) in [5.74, 6) is -0.353. The summed E-state index contributed by atoms with van der Waals surface area (Å²) >= 11 is 1.56. The fourth-order valence-corrected chi connectivity index (χ4v) is 3.08. The lowest BCUT2D eigenvalue weighted by Crippen LogP contribution is -2.00. The standard InChI is InChI=1S/C19H17N3O2S/c1-13-17(15-6-4-3-5-7-15)21-19(25-13)22-20-12-14-8-10-16(11-9-14)18(23)24-2/h3-12H,1-2H3,(H,21,22)/b20-12+. The van der Waals surface area contributed by atoms with Crippen LogP contribution in [0.1, 0.15) is 20.8 Å². The highest BCUT2D eigenvalue weighted by Crippen LogP contribution is 2.30. The number of hydrazone groups is 1. The molecule has 0 unspecified atom stereocenters. The molecule has 5 nitrogen and oxygen atoms in total. The van der Waals surface area contributed by atoms with E-state index in [1.807, 2.05) is 37.3 Å². The van der Waals surface area contributed by atoms with Crippen molar-refractivity contribution in [3.05, 3.63) is 70.6 Å². The topological polar surface area (TPSA) is 63.6 Å². The van der Waals surface area contributed by atoms with Crippen molar-refractivity contribution >= 4 is 28.7 Å². The minimum atomic E-state index is -0.353. The fraction of sp³-hybridized carbons (Fsp3) is 0.105. The molecule has 1 N–H and O–H groups in total. The van der Waals surface area contributed by atoms with Gasteiger partial charge in [-0.25, -0.2) is 9.78 Å². The molecule has 0 aliphatic rings. The number of nitrogens with zero attached hydrogens (tertiary/aromatic N) is 2. The molecule has 0 amide bonds. The normalized spacial score (nSPS) is 10.8. The number of carbonyl (C=O) groups is 1. The van der Waals surface area contributed by atoms with Crippen molar-refractivity contribution in [2.24, 2.45) is 5.10 Å². The number of benzene rings is 2. The molecule has 3 aromatic rings. The van der Waals surface area contributed by atoms with Gasteiger partial charge >= 0.3 is 5.97 Å². The lowest BCUT2D eigenvalue weighted by molar-refractivity contribution is 0.0600. The first-order chi connectivity index (χ1) is 12.2. The summed E-state index contributed by atoms with van der Waals surface area (Å²) in [6.45, 7) is 2.04. The fourth-order valence-electron chi connectivity index (χ4n) is 2.29. The van der Waals surface area contributed by atoms with E-state index in [1.54, 1.807) is 41.8 Å². The monoisotopic (exact) mass is 351 g/mol. The van der Waals surface area contributed by atoms with Crippen molar-refractivity contribution in [2.45, 2.75) is 6.92 Å². The number of carbonyl (C=O) groups excluding carboxylic acids is 1. The van der Waals surface area contributed by atoms with Crippen LogP contribution in [0.25, 0.3) is 11.3 Å². The maximum atomic E-state index is 11.4. The summed E-state index contributed by atoms with van der Waals surface area (Å²) in [5, 5.41) is 4.95.